The summed E-state index contributed by atoms with van der Waals surface area (Å²) in [6, 6.07) is 12.1. The first kappa shape index (κ1) is 32.0. The van der Waals surface area contributed by atoms with E-state index >= 15 is 0 Å². The molecule has 42 heavy (non-hydrogen) atoms. The quantitative estimate of drug-likeness (QED) is 0.254. The van der Waals surface area contributed by atoms with Crippen molar-refractivity contribution in [3.8, 4) is 5.75 Å². The Morgan fingerprint density at radius 2 is 1.88 bits per heavy atom. The fourth-order valence-corrected chi connectivity index (χ4v) is 5.41. The molecule has 2 saturated heterocycles. The first-order valence-corrected chi connectivity index (χ1v) is 13.5. The van der Waals surface area contributed by atoms with Gasteiger partial charge in [0.1, 0.15) is 23.9 Å². The molecule has 224 valence electrons. The van der Waals surface area contributed by atoms with Crippen LogP contribution < -0.4 is 4.74 Å². The number of aromatic nitrogens is 3. The summed E-state index contributed by atoms with van der Waals surface area (Å²) < 4.78 is 41.8. The third-order valence-corrected chi connectivity index (χ3v) is 7.74. The van der Waals surface area contributed by atoms with E-state index in [0.717, 1.165) is 54.6 Å². The van der Waals surface area contributed by atoms with Gasteiger partial charge in [-0.25, -0.2) is 18.6 Å². The highest BCUT2D eigenvalue weighted by atomic mass is 35.5. The molecule has 0 bridgehead atoms. The maximum atomic E-state index is 14.5. The third-order valence-electron chi connectivity index (χ3n) is 7.51. The SMILES string of the molecule is O=C(O)c1ccc2nc(CN3CC[C@H](c4ccc(F)c(COc5ccc(Cl)cc5F)n4)C3)n(C[C@@H]3CCO3)c2c1.S.S. The average molecular weight is 637 g/mol. The van der Waals surface area contributed by atoms with E-state index in [2.05, 4.69) is 14.5 Å². The first-order chi connectivity index (χ1) is 19.3. The van der Waals surface area contributed by atoms with Gasteiger partial charge in [0.15, 0.2) is 11.6 Å². The van der Waals surface area contributed by atoms with Gasteiger partial charge in [-0.1, -0.05) is 11.6 Å². The Balaban J connectivity index is 0.00000202. The van der Waals surface area contributed by atoms with Crippen molar-refractivity contribution in [2.75, 3.05) is 19.7 Å². The second-order valence-electron chi connectivity index (χ2n) is 10.2. The number of ether oxygens (including phenoxy) is 2. The van der Waals surface area contributed by atoms with Gasteiger partial charge in [0, 0.05) is 29.8 Å². The van der Waals surface area contributed by atoms with Crippen LogP contribution in [0.5, 0.6) is 5.75 Å². The summed E-state index contributed by atoms with van der Waals surface area (Å²) in [5, 5.41) is 9.73. The van der Waals surface area contributed by atoms with Crippen LogP contribution in [0.3, 0.4) is 0 Å². The number of likely N-dealkylation sites (tertiary alicyclic amines) is 1. The number of hydrogen-bond acceptors (Lipinski definition) is 6. The van der Waals surface area contributed by atoms with Crippen LogP contribution in [0.25, 0.3) is 11.0 Å². The number of aromatic carboxylic acids is 1. The summed E-state index contributed by atoms with van der Waals surface area (Å²) >= 11 is 5.79. The number of imidazole rings is 1. The molecule has 1 N–H and O–H groups in total. The summed E-state index contributed by atoms with van der Waals surface area (Å²) in [5.74, 6) is -1.20. The molecule has 0 aliphatic carbocycles. The van der Waals surface area contributed by atoms with Crippen LogP contribution in [-0.2, 0) is 24.4 Å². The second-order valence-corrected chi connectivity index (χ2v) is 10.6. The highest BCUT2D eigenvalue weighted by Gasteiger charge is 2.28. The number of benzene rings is 2. The zero-order chi connectivity index (χ0) is 27.8. The van der Waals surface area contributed by atoms with Crippen LogP contribution in [0.1, 0.15) is 46.3 Å². The molecule has 2 aromatic carbocycles. The van der Waals surface area contributed by atoms with Crippen LogP contribution in [0.2, 0.25) is 5.02 Å². The summed E-state index contributed by atoms with van der Waals surface area (Å²) in [6.07, 6.45) is 1.87. The molecule has 6 rings (SSSR count). The monoisotopic (exact) mass is 636 g/mol. The Bertz CT molecular complexity index is 1590. The molecule has 2 aliphatic heterocycles. The fraction of sp³-hybridized carbons (Fsp3) is 0.345. The van der Waals surface area contributed by atoms with Crippen molar-refractivity contribution in [3.63, 3.8) is 0 Å². The predicted octanol–water partition coefficient (Wildman–Crippen LogP) is 5.64. The molecular formula is C29H31ClF2N4O4S2. The third kappa shape index (κ3) is 6.84. The number of fused-ring (bicyclic) bond motifs is 1. The predicted molar refractivity (Wildman–Crippen MR) is 164 cm³/mol. The molecule has 4 aromatic rings. The maximum absolute atomic E-state index is 14.5. The van der Waals surface area contributed by atoms with E-state index in [1.165, 1.54) is 18.2 Å². The van der Waals surface area contributed by atoms with Crippen molar-refractivity contribution in [2.24, 2.45) is 0 Å². The number of pyridine rings is 1. The van der Waals surface area contributed by atoms with Crippen LogP contribution in [0.4, 0.5) is 8.78 Å². The van der Waals surface area contributed by atoms with E-state index in [0.29, 0.717) is 19.6 Å². The van der Waals surface area contributed by atoms with Crippen LogP contribution >= 0.6 is 38.6 Å². The van der Waals surface area contributed by atoms with Crippen molar-refractivity contribution in [2.45, 2.75) is 44.6 Å². The van der Waals surface area contributed by atoms with Gasteiger partial charge in [0.05, 0.1) is 35.8 Å². The van der Waals surface area contributed by atoms with E-state index < -0.39 is 17.6 Å². The molecule has 0 unspecified atom stereocenters. The van der Waals surface area contributed by atoms with Crippen molar-refractivity contribution in [3.05, 3.63) is 88.0 Å². The molecule has 4 heterocycles. The normalized spacial score (nSPS) is 18.3. The number of carboxylic acid groups (broad SMARTS) is 1. The van der Waals surface area contributed by atoms with Gasteiger partial charge in [-0.15, -0.1) is 0 Å². The highest BCUT2D eigenvalue weighted by molar-refractivity contribution is 7.59. The second kappa shape index (κ2) is 13.6. The van der Waals surface area contributed by atoms with Gasteiger partial charge < -0.3 is 19.1 Å². The molecule has 0 saturated carbocycles. The maximum Gasteiger partial charge on any atom is 0.335 e. The average Bonchev–Trinajstić information content (AvgIpc) is 3.50. The van der Waals surface area contributed by atoms with Gasteiger partial charge in [-0.3, -0.25) is 9.88 Å². The van der Waals surface area contributed by atoms with E-state index in [1.54, 1.807) is 24.3 Å². The lowest BCUT2D eigenvalue weighted by molar-refractivity contribution is -0.0591. The fourth-order valence-electron chi connectivity index (χ4n) is 5.25. The van der Waals surface area contributed by atoms with E-state index in [9.17, 15) is 18.7 Å². The largest absolute Gasteiger partial charge is 0.484 e. The molecule has 0 radical (unpaired) electrons. The summed E-state index contributed by atoms with van der Waals surface area (Å²) in [5.41, 5.74) is 2.61. The van der Waals surface area contributed by atoms with Crippen LogP contribution in [0, 0.1) is 11.6 Å². The zero-order valence-corrected chi connectivity index (χ0v) is 25.3. The zero-order valence-electron chi connectivity index (χ0n) is 22.5. The number of carbonyl (C=O) groups is 1. The van der Waals surface area contributed by atoms with Gasteiger partial charge in [-0.2, -0.15) is 27.0 Å². The molecule has 0 spiro atoms. The van der Waals surface area contributed by atoms with Crippen LogP contribution in [-0.4, -0.2) is 56.3 Å². The molecule has 2 aromatic heterocycles. The Kier molecular flexibility index (Phi) is 10.4. The minimum absolute atomic E-state index is 0. The first-order valence-electron chi connectivity index (χ1n) is 13.1. The molecule has 13 heteroatoms. The molecular weight excluding hydrogens is 606 g/mol. The number of hydrogen-bond donors (Lipinski definition) is 1. The molecule has 0 amide bonds. The van der Waals surface area contributed by atoms with Crippen molar-refractivity contribution in [1.82, 2.24) is 19.4 Å². The summed E-state index contributed by atoms with van der Waals surface area (Å²) in [7, 11) is 0. The molecule has 2 fully saturated rings. The van der Waals surface area contributed by atoms with E-state index in [-0.39, 0.29) is 67.6 Å². The van der Waals surface area contributed by atoms with Crippen molar-refractivity contribution < 1.29 is 28.2 Å². The highest BCUT2D eigenvalue weighted by Crippen LogP contribution is 2.30. The lowest BCUT2D eigenvalue weighted by atomic mass is 10.0. The summed E-state index contributed by atoms with van der Waals surface area (Å²) in [6.45, 7) is 3.22. The smallest absolute Gasteiger partial charge is 0.335 e. The number of rotatable bonds is 9. The Hall–Kier alpha value is -2.90. The van der Waals surface area contributed by atoms with Crippen molar-refractivity contribution >= 4 is 55.6 Å². The minimum Gasteiger partial charge on any atom is -0.484 e. The Labute approximate surface area is 260 Å². The van der Waals surface area contributed by atoms with Gasteiger partial charge in [0.2, 0.25) is 0 Å². The van der Waals surface area contributed by atoms with Gasteiger partial charge >= 0.3 is 5.97 Å². The van der Waals surface area contributed by atoms with Crippen molar-refractivity contribution in [1.29, 1.82) is 0 Å². The lowest BCUT2D eigenvalue weighted by Gasteiger charge is -2.28. The topological polar surface area (TPSA) is 89.7 Å². The Morgan fingerprint density at radius 3 is 2.60 bits per heavy atom. The van der Waals surface area contributed by atoms with E-state index in [1.807, 2.05) is 0 Å². The lowest BCUT2D eigenvalue weighted by Crippen LogP contribution is -2.32. The van der Waals surface area contributed by atoms with Gasteiger partial charge in [0.25, 0.3) is 0 Å². The molecule has 8 nitrogen and oxygen atoms in total. The summed E-state index contributed by atoms with van der Waals surface area (Å²) in [4.78, 5) is 23.2. The van der Waals surface area contributed by atoms with E-state index in [4.69, 9.17) is 26.1 Å². The standard InChI is InChI=1S/C29H27ClF2N4O4.2H2S/c30-19-2-6-27(22(32)12-19)40-16-25-21(31)3-5-23(33-25)18-7-9-35(13-18)15-28-34-24-4-1-17(29(37)38)11-26(24)36(28)14-20-8-10-39-20;;/h1-6,11-12,18,20H,7-10,13-16H2,(H,37,38);2*1H2/t18-,20-;;/m0../s1. The van der Waals surface area contributed by atoms with Gasteiger partial charge in [-0.05, 0) is 67.9 Å². The number of halogens is 3. The number of nitrogens with zero attached hydrogens (tertiary/aromatic N) is 4. The minimum atomic E-state index is -0.978. The molecule has 2 atom stereocenters. The Morgan fingerprint density at radius 1 is 1.07 bits per heavy atom. The van der Waals surface area contributed by atoms with Crippen LogP contribution in [0.15, 0.2) is 48.5 Å². The molecule has 2 aliphatic rings. The number of carboxylic acids is 1.